The monoisotopic (exact) mass is 308 g/mol. The topological polar surface area (TPSA) is 92.4 Å². The molecular weight excluding hydrogens is 292 g/mol. The predicted octanol–water partition coefficient (Wildman–Crippen LogP) is 2.47. The summed E-state index contributed by atoms with van der Waals surface area (Å²) in [5.41, 5.74) is 0.601. The number of hydrogen-bond donors (Lipinski definition) is 2. The van der Waals surface area contributed by atoms with Crippen molar-refractivity contribution < 1.29 is 19.1 Å². The molecule has 0 bridgehead atoms. The number of aryl methyl sites for hydroxylation is 2. The van der Waals surface area contributed by atoms with E-state index in [0.717, 1.165) is 5.76 Å². The Balaban J connectivity index is 2.12. The van der Waals surface area contributed by atoms with Crippen molar-refractivity contribution in [1.82, 2.24) is 10.3 Å². The average Bonchev–Trinajstić information content (AvgIpc) is 3.01. The molecule has 0 aliphatic carbocycles. The fourth-order valence-corrected chi connectivity index (χ4v) is 2.62. The Hall–Kier alpha value is -2.15. The summed E-state index contributed by atoms with van der Waals surface area (Å²) >= 11 is 1.23. The summed E-state index contributed by atoms with van der Waals surface area (Å²) in [6.45, 7) is 5.20. The zero-order valence-corrected chi connectivity index (χ0v) is 12.8. The molecule has 0 radical (unpaired) electrons. The van der Waals surface area contributed by atoms with Gasteiger partial charge in [-0.2, -0.15) is 0 Å². The molecule has 0 saturated heterocycles. The molecule has 2 aromatic rings. The Morgan fingerprint density at radius 1 is 1.43 bits per heavy atom. The van der Waals surface area contributed by atoms with Gasteiger partial charge in [0.25, 0.3) is 5.91 Å². The van der Waals surface area contributed by atoms with E-state index in [-0.39, 0.29) is 12.5 Å². The third-order valence-corrected chi connectivity index (χ3v) is 4.12. The number of carbonyl (C=O) groups excluding carboxylic acids is 1. The first-order valence-electron chi connectivity index (χ1n) is 6.43. The second kappa shape index (κ2) is 6.09. The van der Waals surface area contributed by atoms with Gasteiger partial charge < -0.3 is 14.8 Å². The molecule has 2 N–H and O–H groups in total. The second-order valence-electron chi connectivity index (χ2n) is 4.79. The number of amides is 1. The Morgan fingerprint density at radius 2 is 2.14 bits per heavy atom. The molecule has 7 heteroatoms. The van der Waals surface area contributed by atoms with Crippen LogP contribution >= 0.6 is 11.3 Å². The largest absolute Gasteiger partial charge is 0.481 e. The molecule has 0 aliphatic rings. The van der Waals surface area contributed by atoms with Crippen LogP contribution in [0.5, 0.6) is 0 Å². The van der Waals surface area contributed by atoms with Crippen molar-refractivity contribution in [1.29, 1.82) is 0 Å². The van der Waals surface area contributed by atoms with Gasteiger partial charge >= 0.3 is 5.97 Å². The lowest BCUT2D eigenvalue weighted by atomic mass is 10.2. The molecule has 1 atom stereocenters. The van der Waals surface area contributed by atoms with Gasteiger partial charge in [-0.05, 0) is 26.0 Å². The van der Waals surface area contributed by atoms with Gasteiger partial charge in [-0.1, -0.05) is 6.92 Å². The van der Waals surface area contributed by atoms with Gasteiger partial charge in [0.05, 0.1) is 11.6 Å². The highest BCUT2D eigenvalue weighted by Crippen LogP contribution is 2.29. The van der Waals surface area contributed by atoms with E-state index in [1.807, 2.05) is 19.1 Å². The number of thiazole rings is 1. The Labute approximate surface area is 125 Å². The number of aliphatic carboxylic acids is 1. The molecule has 0 spiro atoms. The quantitative estimate of drug-likeness (QED) is 0.885. The molecule has 6 nitrogen and oxygen atoms in total. The van der Waals surface area contributed by atoms with Crippen LogP contribution in [0.3, 0.4) is 0 Å². The van der Waals surface area contributed by atoms with Crippen LogP contribution < -0.4 is 5.32 Å². The summed E-state index contributed by atoms with van der Waals surface area (Å²) in [7, 11) is 0. The van der Waals surface area contributed by atoms with Crippen molar-refractivity contribution in [2.75, 3.05) is 6.54 Å². The van der Waals surface area contributed by atoms with Crippen LogP contribution in [-0.2, 0) is 4.79 Å². The van der Waals surface area contributed by atoms with Crippen LogP contribution in [0, 0.1) is 19.8 Å². The highest BCUT2D eigenvalue weighted by atomic mass is 32.1. The summed E-state index contributed by atoms with van der Waals surface area (Å²) in [4.78, 5) is 27.6. The maximum Gasteiger partial charge on any atom is 0.308 e. The minimum absolute atomic E-state index is 0.0840. The van der Waals surface area contributed by atoms with Crippen LogP contribution in [0.2, 0.25) is 0 Å². The molecule has 2 aromatic heterocycles. The molecule has 0 saturated carbocycles. The fraction of sp³-hybridized carbons (Fsp3) is 0.357. The van der Waals surface area contributed by atoms with Crippen LogP contribution in [0.25, 0.3) is 10.8 Å². The molecule has 0 aromatic carbocycles. The number of rotatable bonds is 5. The Kier molecular flexibility index (Phi) is 4.42. The lowest BCUT2D eigenvalue weighted by Crippen LogP contribution is -2.31. The van der Waals surface area contributed by atoms with E-state index in [1.54, 1.807) is 13.8 Å². The van der Waals surface area contributed by atoms with Crippen molar-refractivity contribution >= 4 is 23.2 Å². The maximum absolute atomic E-state index is 12.1. The molecule has 2 heterocycles. The molecule has 1 unspecified atom stereocenters. The molecule has 1 amide bonds. The number of hydrogen-bond acceptors (Lipinski definition) is 5. The van der Waals surface area contributed by atoms with Gasteiger partial charge in [-0.15, -0.1) is 11.3 Å². The van der Waals surface area contributed by atoms with Gasteiger partial charge in [0.1, 0.15) is 10.6 Å². The van der Waals surface area contributed by atoms with Crippen LogP contribution in [0.15, 0.2) is 16.5 Å². The molecule has 0 aliphatic heterocycles. The molecule has 21 heavy (non-hydrogen) atoms. The van der Waals surface area contributed by atoms with E-state index in [1.165, 1.54) is 11.3 Å². The average molecular weight is 308 g/mol. The lowest BCUT2D eigenvalue weighted by Gasteiger charge is -2.07. The van der Waals surface area contributed by atoms with Crippen LogP contribution in [0.4, 0.5) is 0 Å². The van der Waals surface area contributed by atoms with Crippen molar-refractivity contribution in [3.05, 3.63) is 28.5 Å². The van der Waals surface area contributed by atoms with Crippen molar-refractivity contribution in [3.8, 4) is 10.8 Å². The Bertz CT molecular complexity index is 674. The van der Waals surface area contributed by atoms with Crippen LogP contribution in [-0.4, -0.2) is 28.5 Å². The SMILES string of the molecule is Cc1ccc(-c2nc(C)c(C(=O)NCC(C)C(=O)O)s2)o1. The second-order valence-corrected chi connectivity index (χ2v) is 5.79. The molecular formula is C14H16N2O4S. The molecule has 0 fully saturated rings. The van der Waals surface area contributed by atoms with Crippen molar-refractivity contribution in [3.63, 3.8) is 0 Å². The first kappa shape index (κ1) is 15.2. The third-order valence-electron chi connectivity index (χ3n) is 2.94. The fourth-order valence-electron chi connectivity index (χ4n) is 1.68. The minimum atomic E-state index is -0.942. The summed E-state index contributed by atoms with van der Waals surface area (Å²) in [6, 6.07) is 3.64. The number of carboxylic acid groups (broad SMARTS) is 1. The number of nitrogens with one attached hydrogen (secondary N) is 1. The lowest BCUT2D eigenvalue weighted by molar-refractivity contribution is -0.140. The van der Waals surface area contributed by atoms with Gasteiger partial charge in [0.2, 0.25) is 0 Å². The smallest absolute Gasteiger partial charge is 0.308 e. The standard InChI is InChI=1S/C14H16N2O4S/c1-7(14(18)19)6-15-12(17)11-9(3)16-13(21-11)10-5-4-8(2)20-10/h4-5,7H,6H2,1-3H3,(H,15,17)(H,18,19). The van der Waals surface area contributed by atoms with Gasteiger partial charge in [-0.25, -0.2) is 4.98 Å². The summed E-state index contributed by atoms with van der Waals surface area (Å²) in [5.74, 6) is -0.484. The maximum atomic E-state index is 12.1. The first-order chi connectivity index (χ1) is 9.88. The highest BCUT2D eigenvalue weighted by Gasteiger charge is 2.19. The number of carboxylic acids is 1. The molecule has 2 rings (SSSR count). The van der Waals surface area contributed by atoms with E-state index in [0.29, 0.717) is 21.3 Å². The predicted molar refractivity (Wildman–Crippen MR) is 78.4 cm³/mol. The molecule has 112 valence electrons. The van der Waals surface area contributed by atoms with Crippen LogP contribution in [0.1, 0.15) is 28.0 Å². The number of aromatic nitrogens is 1. The summed E-state index contributed by atoms with van der Waals surface area (Å²) in [5, 5.41) is 12.0. The normalized spacial score (nSPS) is 12.1. The number of nitrogens with zero attached hydrogens (tertiary/aromatic N) is 1. The number of furan rings is 1. The number of carbonyl (C=O) groups is 2. The van der Waals surface area contributed by atoms with E-state index >= 15 is 0 Å². The highest BCUT2D eigenvalue weighted by molar-refractivity contribution is 7.17. The minimum Gasteiger partial charge on any atom is -0.481 e. The summed E-state index contributed by atoms with van der Waals surface area (Å²) in [6.07, 6.45) is 0. The third kappa shape index (κ3) is 3.49. The zero-order chi connectivity index (χ0) is 15.6. The van der Waals surface area contributed by atoms with E-state index < -0.39 is 11.9 Å². The summed E-state index contributed by atoms with van der Waals surface area (Å²) < 4.78 is 5.49. The van der Waals surface area contributed by atoms with Gasteiger partial charge in [0.15, 0.2) is 10.8 Å². The van der Waals surface area contributed by atoms with Crippen molar-refractivity contribution in [2.24, 2.45) is 5.92 Å². The van der Waals surface area contributed by atoms with Gasteiger partial charge in [-0.3, -0.25) is 9.59 Å². The Morgan fingerprint density at radius 3 is 2.71 bits per heavy atom. The zero-order valence-electron chi connectivity index (χ0n) is 12.0. The van der Waals surface area contributed by atoms with E-state index in [9.17, 15) is 9.59 Å². The van der Waals surface area contributed by atoms with E-state index in [4.69, 9.17) is 9.52 Å². The first-order valence-corrected chi connectivity index (χ1v) is 7.25. The van der Waals surface area contributed by atoms with Crippen molar-refractivity contribution in [2.45, 2.75) is 20.8 Å². The van der Waals surface area contributed by atoms with E-state index in [2.05, 4.69) is 10.3 Å². The van der Waals surface area contributed by atoms with Gasteiger partial charge in [0, 0.05) is 6.54 Å².